The molecule has 1 aliphatic rings. The quantitative estimate of drug-likeness (QED) is 0.101. The van der Waals surface area contributed by atoms with E-state index in [0.717, 1.165) is 19.3 Å². The Morgan fingerprint density at radius 3 is 1.86 bits per heavy atom. The van der Waals surface area contributed by atoms with E-state index in [1.165, 1.54) is 32.1 Å². The predicted octanol–water partition coefficient (Wildman–Crippen LogP) is -2.05. The van der Waals surface area contributed by atoms with Gasteiger partial charge < -0.3 is 29.7 Å². The summed E-state index contributed by atoms with van der Waals surface area (Å²) in [7, 11) is -5.26. The van der Waals surface area contributed by atoms with Crippen LogP contribution in [0.5, 0.6) is 0 Å². The minimum absolute atomic E-state index is 0. The van der Waals surface area contributed by atoms with E-state index in [4.69, 9.17) is 4.74 Å². The van der Waals surface area contributed by atoms with Crippen molar-refractivity contribution in [3.05, 3.63) is 0 Å². The zero-order valence-corrected chi connectivity index (χ0v) is 20.3. The number of aliphatic hydroxyl groups excluding tert-OH is 4. The molecule has 1 unspecified atom stereocenters. The number of aliphatic hydroxyl groups is 4. The molecule has 0 spiro atoms. The Kier molecular flexibility index (Phi) is 15.0. The molecule has 1 saturated heterocycles. The molecule has 0 saturated carbocycles. The van der Waals surface area contributed by atoms with Crippen molar-refractivity contribution in [3.63, 3.8) is 0 Å². The van der Waals surface area contributed by atoms with Gasteiger partial charge in [0.25, 0.3) is 0 Å². The molecule has 168 valence electrons. The van der Waals surface area contributed by atoms with Gasteiger partial charge in [-0.05, 0) is 6.42 Å². The Bertz CT molecular complexity index is 531. The summed E-state index contributed by atoms with van der Waals surface area (Å²) in [5.74, 6) is -2.33. The molecule has 11 heteroatoms. The minimum Gasteiger partial charge on any atom is -0.725 e. The van der Waals surface area contributed by atoms with Crippen molar-refractivity contribution in [3.8, 4) is 0 Å². The van der Waals surface area contributed by atoms with Crippen molar-refractivity contribution >= 4 is 10.4 Å². The molecule has 29 heavy (non-hydrogen) atoms. The van der Waals surface area contributed by atoms with Gasteiger partial charge >= 0.3 is 29.6 Å². The second-order valence-corrected chi connectivity index (χ2v) is 8.48. The average molecular weight is 451 g/mol. The Labute approximate surface area is 196 Å². The predicted molar refractivity (Wildman–Crippen MR) is 100.0 cm³/mol. The molecule has 4 N–H and O–H groups in total. The van der Waals surface area contributed by atoms with E-state index in [-0.39, 0.29) is 36.0 Å². The maximum atomic E-state index is 11.1. The average Bonchev–Trinajstić information content (AvgIpc) is 2.63. The van der Waals surface area contributed by atoms with E-state index in [2.05, 4.69) is 11.1 Å². The van der Waals surface area contributed by atoms with Crippen LogP contribution in [0, 0.1) is 0 Å². The third kappa shape index (κ3) is 10.2. The van der Waals surface area contributed by atoms with Crippen LogP contribution in [0.2, 0.25) is 0 Å². The standard InChI is InChI=1S/C18H36O9S.Na/c1-2-3-4-5-6-7-8-9-10-11-12-18(27-28(23,24)25)17(22)16(21)15(20)14(13-19)26-18;/h14-17,19-22H,2-13H2,1H3,(H,23,24,25);/q;+1/p-1/t14-,15-,16+,17-,18?;/m1./s1. The van der Waals surface area contributed by atoms with E-state index in [1.807, 2.05) is 0 Å². The van der Waals surface area contributed by atoms with Crippen LogP contribution in [0.25, 0.3) is 0 Å². The third-order valence-electron chi connectivity index (χ3n) is 5.16. The van der Waals surface area contributed by atoms with E-state index in [9.17, 15) is 33.4 Å². The van der Waals surface area contributed by atoms with Gasteiger partial charge in [0.2, 0.25) is 16.2 Å². The van der Waals surface area contributed by atoms with Crippen LogP contribution in [-0.2, 0) is 19.3 Å². The van der Waals surface area contributed by atoms with Gasteiger partial charge in [-0.2, -0.15) is 0 Å². The van der Waals surface area contributed by atoms with E-state index in [1.54, 1.807) is 0 Å². The summed E-state index contributed by atoms with van der Waals surface area (Å²) in [5.41, 5.74) is 0. The molecule has 0 amide bonds. The molecule has 1 rings (SSSR count). The molecule has 0 aromatic heterocycles. The zero-order valence-electron chi connectivity index (χ0n) is 17.5. The number of unbranched alkanes of at least 4 members (excludes halogenated alkanes) is 9. The van der Waals surface area contributed by atoms with Crippen LogP contribution >= 0.6 is 0 Å². The molecule has 1 fully saturated rings. The number of rotatable bonds is 14. The van der Waals surface area contributed by atoms with Gasteiger partial charge in [-0.15, -0.1) is 0 Å². The Morgan fingerprint density at radius 1 is 0.931 bits per heavy atom. The van der Waals surface area contributed by atoms with Crippen LogP contribution in [0.15, 0.2) is 0 Å². The Balaban J connectivity index is 0.00000784. The van der Waals surface area contributed by atoms with Crippen LogP contribution < -0.4 is 29.6 Å². The molecule has 1 aliphatic heterocycles. The molecule has 1 heterocycles. The largest absolute Gasteiger partial charge is 1.00 e. The second kappa shape index (κ2) is 14.7. The van der Waals surface area contributed by atoms with E-state index < -0.39 is 47.2 Å². The number of hydrogen-bond acceptors (Lipinski definition) is 9. The monoisotopic (exact) mass is 450 g/mol. The molecule has 9 nitrogen and oxygen atoms in total. The zero-order chi connectivity index (χ0) is 21.2. The fourth-order valence-corrected chi connectivity index (χ4v) is 4.12. The summed E-state index contributed by atoms with van der Waals surface area (Å²) in [6.45, 7) is 1.43. The number of ether oxygens (including phenoxy) is 1. The van der Waals surface area contributed by atoms with Gasteiger partial charge in [0.05, 0.1) is 6.61 Å². The topological polar surface area (TPSA) is 157 Å². The van der Waals surface area contributed by atoms with Crippen molar-refractivity contribution in [2.24, 2.45) is 0 Å². The van der Waals surface area contributed by atoms with Gasteiger partial charge in [-0.25, -0.2) is 12.6 Å². The maximum absolute atomic E-state index is 11.1. The first kappa shape index (κ1) is 29.7. The Morgan fingerprint density at radius 2 is 1.41 bits per heavy atom. The van der Waals surface area contributed by atoms with Gasteiger partial charge in [0.1, 0.15) is 24.4 Å². The van der Waals surface area contributed by atoms with Crippen LogP contribution in [0.4, 0.5) is 0 Å². The molecule has 0 bridgehead atoms. The molecule has 0 aromatic carbocycles. The Hall–Kier alpha value is 0.670. The van der Waals surface area contributed by atoms with E-state index in [0.29, 0.717) is 12.8 Å². The van der Waals surface area contributed by atoms with Gasteiger partial charge in [0, 0.05) is 6.42 Å². The smallest absolute Gasteiger partial charge is 0.725 e. The summed E-state index contributed by atoms with van der Waals surface area (Å²) in [6, 6.07) is 0. The normalized spacial score (nSPS) is 30.1. The van der Waals surface area contributed by atoms with Crippen molar-refractivity contribution in [1.29, 1.82) is 0 Å². The maximum Gasteiger partial charge on any atom is 1.00 e. The number of hydrogen-bond donors (Lipinski definition) is 4. The van der Waals surface area contributed by atoms with Crippen molar-refractivity contribution in [2.45, 2.75) is 108 Å². The molecule has 0 aliphatic carbocycles. The minimum atomic E-state index is -5.26. The van der Waals surface area contributed by atoms with Crippen molar-refractivity contribution < 1.29 is 71.9 Å². The first-order valence-corrected chi connectivity index (χ1v) is 11.5. The third-order valence-corrected chi connectivity index (χ3v) is 5.64. The fraction of sp³-hybridized carbons (Fsp3) is 1.00. The second-order valence-electron chi connectivity index (χ2n) is 7.50. The SMILES string of the molecule is CCCCCCCCCCCCC1(OS(=O)(=O)[O-])O[C@H](CO)[C@@H](O)[C@H](O)[C@H]1O.[Na+]. The van der Waals surface area contributed by atoms with Crippen molar-refractivity contribution in [2.75, 3.05) is 6.61 Å². The van der Waals surface area contributed by atoms with Gasteiger partial charge in [-0.3, -0.25) is 0 Å². The molecule has 0 radical (unpaired) electrons. The first-order valence-electron chi connectivity index (χ1n) is 10.2. The molecular weight excluding hydrogens is 415 g/mol. The summed E-state index contributed by atoms with van der Waals surface area (Å²) in [6.07, 6.45) is 3.20. The summed E-state index contributed by atoms with van der Waals surface area (Å²) in [4.78, 5) is 0. The molecular formula is C18H35NaO9S. The van der Waals surface area contributed by atoms with Gasteiger partial charge in [-0.1, -0.05) is 64.7 Å². The van der Waals surface area contributed by atoms with Crippen LogP contribution in [0.3, 0.4) is 0 Å². The first-order chi connectivity index (χ1) is 13.2. The van der Waals surface area contributed by atoms with Crippen LogP contribution in [0.1, 0.15) is 77.6 Å². The summed E-state index contributed by atoms with van der Waals surface area (Å²) in [5, 5.41) is 39.3. The van der Waals surface area contributed by atoms with E-state index >= 15 is 0 Å². The summed E-state index contributed by atoms with van der Waals surface area (Å²) >= 11 is 0. The van der Waals surface area contributed by atoms with Gasteiger partial charge in [0.15, 0.2) is 0 Å². The fourth-order valence-electron chi connectivity index (χ4n) is 3.56. The van der Waals surface area contributed by atoms with Crippen molar-refractivity contribution in [1.82, 2.24) is 0 Å². The van der Waals surface area contributed by atoms with Crippen LogP contribution in [-0.4, -0.2) is 70.2 Å². The molecule has 5 atom stereocenters. The summed E-state index contributed by atoms with van der Waals surface area (Å²) < 4.78 is 43.2. The molecule has 0 aromatic rings.